The number of fused-ring (bicyclic) bond motifs is 1. The molecule has 2 aromatic rings. The number of rotatable bonds is 12. The van der Waals surface area contributed by atoms with Crippen molar-refractivity contribution >= 4 is 46.3 Å². The van der Waals surface area contributed by atoms with Crippen LogP contribution in [0.2, 0.25) is 5.02 Å². The first-order valence-electron chi connectivity index (χ1n) is 16.3. The van der Waals surface area contributed by atoms with Gasteiger partial charge in [0, 0.05) is 106 Å². The Morgan fingerprint density at radius 1 is 1.09 bits per heavy atom. The van der Waals surface area contributed by atoms with Crippen LogP contribution in [0.5, 0.6) is 0 Å². The molecule has 3 aliphatic heterocycles. The van der Waals surface area contributed by atoms with E-state index >= 15 is 0 Å². The maximum atomic E-state index is 13.6. The van der Waals surface area contributed by atoms with Crippen molar-refractivity contribution in [2.24, 2.45) is 16.8 Å². The molecule has 4 heterocycles. The first kappa shape index (κ1) is 33.3. The number of carbonyl (C=O) groups is 3. The van der Waals surface area contributed by atoms with Crippen LogP contribution < -0.4 is 5.43 Å². The zero-order valence-electron chi connectivity index (χ0n) is 26.9. The third kappa shape index (κ3) is 8.22. The summed E-state index contributed by atoms with van der Waals surface area (Å²) < 4.78 is 7.05. The fourth-order valence-electron chi connectivity index (χ4n) is 6.79. The Hall–Kier alpha value is -3.05. The number of allylic oxidation sites excluding steroid dienone is 1. The van der Waals surface area contributed by atoms with Crippen LogP contribution in [0.15, 0.2) is 40.5 Å². The highest BCUT2D eigenvalue weighted by Gasteiger charge is 2.28. The number of ketones is 1. The van der Waals surface area contributed by atoms with Crippen LogP contribution >= 0.6 is 11.6 Å². The van der Waals surface area contributed by atoms with Gasteiger partial charge in [-0.2, -0.15) is 0 Å². The predicted molar refractivity (Wildman–Crippen MR) is 178 cm³/mol. The summed E-state index contributed by atoms with van der Waals surface area (Å²) in [5, 5.41) is 3.28. The van der Waals surface area contributed by atoms with Crippen LogP contribution in [0, 0.1) is 11.8 Å². The molecule has 1 aromatic carbocycles. The number of Topliss-reactive ketones (excluding diaryl/α,β-unsaturated/α-hetero) is 1. The van der Waals surface area contributed by atoms with Gasteiger partial charge in [-0.25, -0.2) is 5.01 Å². The number of ether oxygens (including phenoxy) is 1. The summed E-state index contributed by atoms with van der Waals surface area (Å²) in [7, 11) is 1.70. The number of aromatic nitrogens is 1. The van der Waals surface area contributed by atoms with E-state index in [1.807, 2.05) is 27.5 Å². The largest absolute Gasteiger partial charge is 0.383 e. The molecule has 0 bridgehead atoms. The number of dihydropyridines is 1. The molecule has 3 aliphatic rings. The van der Waals surface area contributed by atoms with Crippen molar-refractivity contribution in [1.29, 1.82) is 0 Å². The van der Waals surface area contributed by atoms with Gasteiger partial charge in [0.05, 0.1) is 12.2 Å². The fourth-order valence-corrected chi connectivity index (χ4v) is 6.96. The van der Waals surface area contributed by atoms with E-state index in [2.05, 4.69) is 22.2 Å². The molecular weight excluding hydrogens is 592 g/mol. The van der Waals surface area contributed by atoms with Crippen molar-refractivity contribution in [2.75, 3.05) is 66.1 Å². The summed E-state index contributed by atoms with van der Waals surface area (Å²) in [6.07, 6.45) is 7.91. The number of piperazine rings is 1. The number of nitrogens with zero attached hydrogens (tertiary/aromatic N) is 5. The topological polar surface area (TPSA) is 99.5 Å². The number of hydrogen-bond donors (Lipinski definition) is 1. The number of benzene rings is 1. The van der Waals surface area contributed by atoms with E-state index in [0.29, 0.717) is 48.5 Å². The molecule has 2 saturated heterocycles. The van der Waals surface area contributed by atoms with Crippen LogP contribution in [0.1, 0.15) is 56.3 Å². The average molecular weight is 639 g/mol. The number of halogens is 1. The van der Waals surface area contributed by atoms with Gasteiger partial charge in [-0.1, -0.05) is 24.1 Å². The lowest BCUT2D eigenvalue weighted by Gasteiger charge is -2.34. The lowest BCUT2D eigenvalue weighted by Crippen LogP contribution is -2.50. The highest BCUT2D eigenvalue weighted by atomic mass is 35.5. The van der Waals surface area contributed by atoms with E-state index in [4.69, 9.17) is 16.3 Å². The SMILES string of the molecule is CCCC(=O)C1=C(C)C(CC2CCN(NC(=O)c3cn(CC(=O)N4CCN(CCOC)CC4)c4ccc(Cl)cc34)CC2)CN=C1. The van der Waals surface area contributed by atoms with Gasteiger partial charge in [0.1, 0.15) is 6.54 Å². The second-order valence-corrected chi connectivity index (χ2v) is 13.1. The van der Waals surface area contributed by atoms with Gasteiger partial charge in [-0.15, -0.1) is 0 Å². The van der Waals surface area contributed by atoms with Crippen LogP contribution in [-0.2, 0) is 20.9 Å². The number of methoxy groups -OCH3 is 1. The van der Waals surface area contributed by atoms with Crippen LogP contribution in [0.25, 0.3) is 10.9 Å². The molecule has 0 radical (unpaired) electrons. The number of hydrazine groups is 1. The molecule has 0 aliphatic carbocycles. The zero-order chi connectivity index (χ0) is 31.9. The molecule has 1 atom stereocenters. The highest BCUT2D eigenvalue weighted by Crippen LogP contribution is 2.31. The van der Waals surface area contributed by atoms with Crippen molar-refractivity contribution in [3.05, 3.63) is 46.1 Å². The summed E-state index contributed by atoms with van der Waals surface area (Å²) in [6.45, 7) is 11.1. The van der Waals surface area contributed by atoms with E-state index in [1.165, 1.54) is 5.57 Å². The zero-order valence-corrected chi connectivity index (χ0v) is 27.7. The third-order valence-corrected chi connectivity index (χ3v) is 9.82. The van der Waals surface area contributed by atoms with E-state index in [9.17, 15) is 14.4 Å². The second kappa shape index (κ2) is 15.5. The molecule has 11 heteroatoms. The van der Waals surface area contributed by atoms with E-state index in [1.54, 1.807) is 31.7 Å². The van der Waals surface area contributed by atoms with E-state index in [0.717, 1.165) is 81.4 Å². The second-order valence-electron chi connectivity index (χ2n) is 12.6. The van der Waals surface area contributed by atoms with Crippen LogP contribution in [-0.4, -0.2) is 109 Å². The molecule has 0 spiro atoms. The number of carbonyl (C=O) groups excluding carboxylic acids is 3. The Labute approximate surface area is 271 Å². The van der Waals surface area contributed by atoms with Gasteiger partial charge < -0.3 is 14.2 Å². The molecule has 1 N–H and O–H groups in total. The van der Waals surface area contributed by atoms with Gasteiger partial charge in [-0.3, -0.25) is 29.7 Å². The normalized spacial score (nSPS) is 20.3. The Morgan fingerprint density at radius 2 is 1.84 bits per heavy atom. The number of nitrogens with one attached hydrogen (secondary N) is 1. The molecule has 1 unspecified atom stereocenters. The minimum atomic E-state index is -0.196. The van der Waals surface area contributed by atoms with Crippen molar-refractivity contribution in [2.45, 2.75) is 52.5 Å². The van der Waals surface area contributed by atoms with Crippen LogP contribution in [0.3, 0.4) is 0 Å². The Bertz CT molecular complexity index is 1440. The molecule has 244 valence electrons. The first-order chi connectivity index (χ1) is 21.8. The van der Waals surface area contributed by atoms with Crippen molar-refractivity contribution in [1.82, 2.24) is 24.8 Å². The monoisotopic (exact) mass is 638 g/mol. The van der Waals surface area contributed by atoms with E-state index in [-0.39, 0.29) is 24.1 Å². The molecule has 5 rings (SSSR count). The first-order valence-corrected chi connectivity index (χ1v) is 16.7. The minimum Gasteiger partial charge on any atom is -0.383 e. The third-order valence-electron chi connectivity index (χ3n) is 9.58. The summed E-state index contributed by atoms with van der Waals surface area (Å²) in [4.78, 5) is 48.1. The maximum absolute atomic E-state index is 13.6. The van der Waals surface area contributed by atoms with Gasteiger partial charge in [0.15, 0.2) is 5.78 Å². The molecule has 0 saturated carbocycles. The van der Waals surface area contributed by atoms with Gasteiger partial charge >= 0.3 is 0 Å². The smallest absolute Gasteiger partial charge is 0.267 e. The predicted octanol–water partition coefficient (Wildman–Crippen LogP) is 4.22. The molecule has 1 aromatic heterocycles. The molecule has 10 nitrogen and oxygen atoms in total. The Kier molecular flexibility index (Phi) is 11.5. The van der Waals surface area contributed by atoms with Crippen molar-refractivity contribution in [3.63, 3.8) is 0 Å². The van der Waals surface area contributed by atoms with Gasteiger partial charge in [0.2, 0.25) is 5.91 Å². The standard InChI is InChI=1S/C34H47ClN6O4/c1-4-5-32(42)29-21-36-20-26(24(29)2)18-25-8-10-41(11-9-25)37-34(44)30-22-40(31-7-6-27(35)19-28(30)31)23-33(43)39-14-12-38(13-15-39)16-17-45-3/h6-7,19,21-22,25-26H,4-5,8-18,20,23H2,1-3H3,(H,37,44). The molecule has 45 heavy (non-hydrogen) atoms. The summed E-state index contributed by atoms with van der Waals surface area (Å²) in [5.41, 5.74) is 6.42. The van der Waals surface area contributed by atoms with Gasteiger partial charge in [0.25, 0.3) is 5.91 Å². The lowest BCUT2D eigenvalue weighted by molar-refractivity contribution is -0.133. The summed E-state index contributed by atoms with van der Waals surface area (Å²) in [6, 6.07) is 5.47. The molecule has 2 amide bonds. The minimum absolute atomic E-state index is 0.0397. The van der Waals surface area contributed by atoms with Crippen LogP contribution in [0.4, 0.5) is 0 Å². The highest BCUT2D eigenvalue weighted by molar-refractivity contribution is 6.31. The van der Waals surface area contributed by atoms with Crippen molar-refractivity contribution < 1.29 is 19.1 Å². The van der Waals surface area contributed by atoms with Crippen molar-refractivity contribution in [3.8, 4) is 0 Å². The van der Waals surface area contributed by atoms with Gasteiger partial charge in [-0.05, 0) is 56.7 Å². The lowest BCUT2D eigenvalue weighted by atomic mass is 9.81. The summed E-state index contributed by atoms with van der Waals surface area (Å²) >= 11 is 6.35. The Balaban J connectivity index is 1.18. The number of piperidine rings is 1. The maximum Gasteiger partial charge on any atom is 0.267 e. The fraction of sp³-hybridized carbons (Fsp3) is 0.588. The summed E-state index contributed by atoms with van der Waals surface area (Å²) in [5.74, 6) is 0.859. The number of aliphatic imine (C=N–C) groups is 1. The quantitative estimate of drug-likeness (QED) is 0.374. The number of hydrogen-bond acceptors (Lipinski definition) is 7. The van der Waals surface area contributed by atoms with E-state index < -0.39 is 0 Å². The number of amides is 2. The molecule has 2 fully saturated rings. The Morgan fingerprint density at radius 3 is 2.56 bits per heavy atom. The molecular formula is C34H47ClN6O4. The average Bonchev–Trinajstić information content (AvgIpc) is 3.39.